The minimum atomic E-state index is -0.0182. The van der Waals surface area contributed by atoms with Gasteiger partial charge in [0.1, 0.15) is 0 Å². The molecule has 0 N–H and O–H groups in total. The van der Waals surface area contributed by atoms with Crippen LogP contribution in [-0.4, -0.2) is 19.1 Å². The molecule has 7 aromatic carbocycles. The minimum absolute atomic E-state index is 0.0182. The number of imidazole rings is 1. The summed E-state index contributed by atoms with van der Waals surface area (Å²) in [4.78, 5) is 22.6. The summed E-state index contributed by atoms with van der Waals surface area (Å²) in [6.07, 6.45) is 0. The molecule has 0 aliphatic carbocycles. The molecular formula is C49H36N4O. The maximum atomic E-state index is 12.4. The standard InChI is InChI=1S/C49H36N4O/c1-52-46-30-29-41(31-47(46)53(2)49(52)54)37-23-21-35(22-24-37)33-17-19-34(20-18-33)36-25-27-39(28-26-36)44-32-45(51-48(50-44)40-13-7-4-8-14-40)43-16-10-9-15-42(43)38-11-5-3-6-12-38/h3-32H,1-2H3. The zero-order valence-electron chi connectivity index (χ0n) is 30.0. The maximum Gasteiger partial charge on any atom is 0.328 e. The summed E-state index contributed by atoms with van der Waals surface area (Å²) < 4.78 is 3.38. The van der Waals surface area contributed by atoms with E-state index in [2.05, 4.69) is 152 Å². The molecule has 0 saturated carbocycles. The van der Waals surface area contributed by atoms with Crippen molar-refractivity contribution in [3.63, 3.8) is 0 Å². The molecule has 9 aromatic rings. The normalized spacial score (nSPS) is 11.2. The summed E-state index contributed by atoms with van der Waals surface area (Å²) in [6, 6.07) is 63.3. The molecule has 258 valence electrons. The number of aromatic nitrogens is 4. The van der Waals surface area contributed by atoms with Crippen LogP contribution in [0.4, 0.5) is 0 Å². The maximum absolute atomic E-state index is 12.4. The number of hydrogen-bond acceptors (Lipinski definition) is 3. The van der Waals surface area contributed by atoms with Crippen molar-refractivity contribution in [3.8, 4) is 78.4 Å². The molecule has 5 heteroatoms. The highest BCUT2D eigenvalue weighted by atomic mass is 16.1. The molecule has 0 radical (unpaired) electrons. The third-order valence-corrected chi connectivity index (χ3v) is 10.3. The van der Waals surface area contributed by atoms with Crippen LogP contribution < -0.4 is 5.69 Å². The van der Waals surface area contributed by atoms with E-state index in [1.54, 1.807) is 9.13 Å². The third kappa shape index (κ3) is 6.12. The van der Waals surface area contributed by atoms with Crippen molar-refractivity contribution >= 4 is 11.0 Å². The van der Waals surface area contributed by atoms with Crippen molar-refractivity contribution < 1.29 is 0 Å². The first kappa shape index (κ1) is 32.8. The number of nitrogens with zero attached hydrogens (tertiary/aromatic N) is 4. The van der Waals surface area contributed by atoms with Gasteiger partial charge in [0.05, 0.1) is 22.4 Å². The van der Waals surface area contributed by atoms with Crippen molar-refractivity contribution in [2.75, 3.05) is 0 Å². The second-order valence-corrected chi connectivity index (χ2v) is 13.6. The Hall–Kier alpha value is -7.11. The van der Waals surface area contributed by atoms with E-state index < -0.39 is 0 Å². The van der Waals surface area contributed by atoms with Gasteiger partial charge in [-0.25, -0.2) is 14.8 Å². The van der Waals surface area contributed by atoms with Crippen molar-refractivity contribution in [1.29, 1.82) is 0 Å². The molecule has 0 atom stereocenters. The molecule has 0 amide bonds. The molecule has 5 nitrogen and oxygen atoms in total. The van der Waals surface area contributed by atoms with Gasteiger partial charge in [0.2, 0.25) is 0 Å². The Kier molecular flexibility index (Phi) is 8.37. The van der Waals surface area contributed by atoms with E-state index in [1.165, 1.54) is 0 Å². The summed E-state index contributed by atoms with van der Waals surface area (Å²) in [5, 5.41) is 0. The highest BCUT2D eigenvalue weighted by molar-refractivity contribution is 5.85. The van der Waals surface area contributed by atoms with Gasteiger partial charge >= 0.3 is 5.69 Å². The van der Waals surface area contributed by atoms with Crippen molar-refractivity contribution in [1.82, 2.24) is 19.1 Å². The fraction of sp³-hybridized carbons (Fsp3) is 0.0408. The Morgan fingerprint density at radius 3 is 1.35 bits per heavy atom. The molecule has 9 rings (SSSR count). The van der Waals surface area contributed by atoms with E-state index >= 15 is 0 Å². The van der Waals surface area contributed by atoms with E-state index in [1.807, 2.05) is 44.4 Å². The Morgan fingerprint density at radius 1 is 0.352 bits per heavy atom. The zero-order valence-corrected chi connectivity index (χ0v) is 30.0. The van der Waals surface area contributed by atoms with Crippen LogP contribution in [0.1, 0.15) is 0 Å². The number of rotatable bonds is 7. The first-order chi connectivity index (χ1) is 26.5. The number of benzene rings is 7. The van der Waals surface area contributed by atoms with Crippen LogP contribution in [0.25, 0.3) is 89.4 Å². The molecule has 2 aromatic heterocycles. The van der Waals surface area contributed by atoms with Gasteiger partial charge in [-0.15, -0.1) is 0 Å². The molecule has 0 aliphatic heterocycles. The van der Waals surface area contributed by atoms with E-state index in [9.17, 15) is 4.79 Å². The van der Waals surface area contributed by atoms with Gasteiger partial charge in [-0.1, -0.05) is 164 Å². The second-order valence-electron chi connectivity index (χ2n) is 13.6. The molecule has 0 saturated heterocycles. The average molecular weight is 697 g/mol. The van der Waals surface area contributed by atoms with Crippen molar-refractivity contribution in [3.05, 3.63) is 192 Å². The molecule has 0 spiro atoms. The van der Waals surface area contributed by atoms with Gasteiger partial charge in [0.25, 0.3) is 0 Å². The molecular weight excluding hydrogens is 661 g/mol. The molecule has 54 heavy (non-hydrogen) atoms. The highest BCUT2D eigenvalue weighted by Gasteiger charge is 2.15. The monoisotopic (exact) mass is 696 g/mol. The fourth-order valence-corrected chi connectivity index (χ4v) is 7.26. The number of fused-ring (bicyclic) bond motifs is 1. The van der Waals surface area contributed by atoms with Gasteiger partial charge in [-0.2, -0.15) is 0 Å². The van der Waals surface area contributed by atoms with Crippen LogP contribution >= 0.6 is 0 Å². The Morgan fingerprint density at radius 2 is 0.778 bits per heavy atom. The predicted octanol–water partition coefficient (Wildman–Crippen LogP) is 11.3. The van der Waals surface area contributed by atoms with E-state index in [0.29, 0.717) is 5.82 Å². The summed E-state index contributed by atoms with van der Waals surface area (Å²) in [5.41, 5.74) is 15.7. The summed E-state index contributed by atoms with van der Waals surface area (Å²) >= 11 is 0. The first-order valence-corrected chi connectivity index (χ1v) is 18.1. The first-order valence-electron chi connectivity index (χ1n) is 18.1. The lowest BCUT2D eigenvalue weighted by Gasteiger charge is -2.13. The second kappa shape index (κ2) is 13.8. The quantitative estimate of drug-likeness (QED) is 0.167. The van der Waals surface area contributed by atoms with Crippen LogP contribution in [0.2, 0.25) is 0 Å². The average Bonchev–Trinajstić information content (AvgIpc) is 3.47. The Labute approximate surface area is 314 Å². The zero-order chi connectivity index (χ0) is 36.6. The van der Waals surface area contributed by atoms with Gasteiger partial charge in [0.15, 0.2) is 5.82 Å². The van der Waals surface area contributed by atoms with E-state index in [-0.39, 0.29) is 5.69 Å². The number of hydrogen-bond donors (Lipinski definition) is 0. The van der Waals surface area contributed by atoms with Crippen LogP contribution in [-0.2, 0) is 14.1 Å². The summed E-state index contributed by atoms with van der Waals surface area (Å²) in [6.45, 7) is 0. The van der Waals surface area contributed by atoms with Crippen LogP contribution in [0.3, 0.4) is 0 Å². The lowest BCUT2D eigenvalue weighted by atomic mass is 9.96. The SMILES string of the molecule is Cn1c(=O)n(C)c2cc(-c3ccc(-c4ccc(-c5ccc(-c6cc(-c7ccccc7-c7ccccc7)nc(-c7ccccc7)n6)cc5)cc4)cc3)ccc21. The molecule has 0 unspecified atom stereocenters. The van der Waals surface area contributed by atoms with Gasteiger partial charge in [0, 0.05) is 30.8 Å². The smallest absolute Gasteiger partial charge is 0.295 e. The lowest BCUT2D eigenvalue weighted by molar-refractivity contribution is 0.795. The van der Waals surface area contributed by atoms with Crippen molar-refractivity contribution in [2.45, 2.75) is 0 Å². The minimum Gasteiger partial charge on any atom is -0.295 e. The lowest BCUT2D eigenvalue weighted by Crippen LogP contribution is -2.19. The Bertz CT molecular complexity index is 2820. The van der Waals surface area contributed by atoms with E-state index in [4.69, 9.17) is 9.97 Å². The van der Waals surface area contributed by atoms with Crippen LogP contribution in [0, 0.1) is 0 Å². The third-order valence-electron chi connectivity index (χ3n) is 10.3. The molecule has 0 aliphatic rings. The van der Waals surface area contributed by atoms with Crippen molar-refractivity contribution in [2.24, 2.45) is 14.1 Å². The largest absolute Gasteiger partial charge is 0.328 e. The van der Waals surface area contributed by atoms with E-state index in [0.717, 1.165) is 83.6 Å². The summed E-state index contributed by atoms with van der Waals surface area (Å²) in [7, 11) is 3.63. The van der Waals surface area contributed by atoms with Gasteiger partial charge < -0.3 is 0 Å². The van der Waals surface area contributed by atoms with Gasteiger partial charge in [-0.3, -0.25) is 9.13 Å². The predicted molar refractivity (Wildman–Crippen MR) is 222 cm³/mol. The molecule has 0 bridgehead atoms. The van der Waals surface area contributed by atoms with Gasteiger partial charge in [-0.05, 0) is 62.7 Å². The topological polar surface area (TPSA) is 52.7 Å². The van der Waals surface area contributed by atoms with Crippen LogP contribution in [0.5, 0.6) is 0 Å². The summed E-state index contributed by atoms with van der Waals surface area (Å²) in [5.74, 6) is 0.697. The molecule has 0 fully saturated rings. The number of aryl methyl sites for hydroxylation is 2. The Balaban J connectivity index is 0.992. The van der Waals surface area contributed by atoms with Crippen LogP contribution in [0.15, 0.2) is 187 Å². The molecule has 2 heterocycles. The fourth-order valence-electron chi connectivity index (χ4n) is 7.26. The highest BCUT2D eigenvalue weighted by Crippen LogP contribution is 2.35.